The quantitative estimate of drug-likeness (QED) is 0.898. The third-order valence-electron chi connectivity index (χ3n) is 4.28. The van der Waals surface area contributed by atoms with E-state index < -0.39 is 0 Å². The van der Waals surface area contributed by atoms with Crippen LogP contribution in [0.3, 0.4) is 0 Å². The third-order valence-corrected chi connectivity index (χ3v) is 4.28. The van der Waals surface area contributed by atoms with Gasteiger partial charge in [-0.2, -0.15) is 0 Å². The number of aryl methyl sites for hydroxylation is 3. The van der Waals surface area contributed by atoms with Crippen molar-refractivity contribution in [1.29, 1.82) is 0 Å². The zero-order valence-electron chi connectivity index (χ0n) is 12.7. The Hall–Kier alpha value is -0.900. The molecule has 19 heavy (non-hydrogen) atoms. The van der Waals surface area contributed by atoms with Gasteiger partial charge < -0.3 is 10.6 Å². The molecule has 1 aromatic rings. The normalized spacial score (nSPS) is 21.8. The Morgan fingerprint density at radius 3 is 2.37 bits per heavy atom. The first-order valence-corrected chi connectivity index (χ1v) is 7.20. The minimum atomic E-state index is 0.485. The molecule has 1 aromatic carbocycles. The number of nitrogens with two attached hydrogens (primary N) is 1. The SMILES string of the molecule is Cc1cc(C)c(CN2CCN(C)CC2CN)c(C)c1. The number of hydrogen-bond donors (Lipinski definition) is 1. The van der Waals surface area contributed by atoms with Crippen LogP contribution in [0.2, 0.25) is 0 Å². The van der Waals surface area contributed by atoms with Crippen LogP contribution in [0.25, 0.3) is 0 Å². The number of benzene rings is 1. The predicted molar refractivity (Wildman–Crippen MR) is 81.4 cm³/mol. The van der Waals surface area contributed by atoms with E-state index in [1.165, 1.54) is 22.3 Å². The molecule has 1 heterocycles. The van der Waals surface area contributed by atoms with E-state index in [2.05, 4.69) is 49.8 Å². The highest BCUT2D eigenvalue weighted by molar-refractivity contribution is 5.37. The molecule has 1 aliphatic rings. The first kappa shape index (κ1) is 14.5. The predicted octanol–water partition coefficient (Wildman–Crippen LogP) is 1.69. The molecule has 0 aliphatic carbocycles. The number of nitrogens with zero attached hydrogens (tertiary/aromatic N) is 2. The molecule has 3 heteroatoms. The van der Waals surface area contributed by atoms with E-state index in [4.69, 9.17) is 5.73 Å². The first-order valence-electron chi connectivity index (χ1n) is 7.20. The molecule has 0 bridgehead atoms. The molecule has 0 amide bonds. The number of likely N-dealkylation sites (N-methyl/N-ethyl adjacent to an activating group) is 1. The zero-order valence-corrected chi connectivity index (χ0v) is 12.7. The summed E-state index contributed by atoms with van der Waals surface area (Å²) in [5.41, 5.74) is 11.6. The highest BCUT2D eigenvalue weighted by Gasteiger charge is 2.24. The Morgan fingerprint density at radius 1 is 1.16 bits per heavy atom. The van der Waals surface area contributed by atoms with Gasteiger partial charge in [0.2, 0.25) is 0 Å². The molecule has 0 aromatic heterocycles. The molecule has 106 valence electrons. The Kier molecular flexibility index (Phi) is 4.61. The summed E-state index contributed by atoms with van der Waals surface area (Å²) in [5, 5.41) is 0. The lowest BCUT2D eigenvalue weighted by atomic mass is 9.98. The number of hydrogen-bond acceptors (Lipinski definition) is 3. The molecule has 0 spiro atoms. The molecule has 1 saturated heterocycles. The van der Waals surface area contributed by atoms with Crippen LogP contribution in [0, 0.1) is 20.8 Å². The minimum absolute atomic E-state index is 0.485. The van der Waals surface area contributed by atoms with Crippen LogP contribution in [0.1, 0.15) is 22.3 Å². The second-order valence-corrected chi connectivity index (χ2v) is 6.00. The Bertz CT molecular complexity index is 419. The highest BCUT2D eigenvalue weighted by atomic mass is 15.3. The zero-order chi connectivity index (χ0) is 14.0. The summed E-state index contributed by atoms with van der Waals surface area (Å²) in [6.07, 6.45) is 0. The van der Waals surface area contributed by atoms with Crippen molar-refractivity contribution >= 4 is 0 Å². The molecule has 0 saturated carbocycles. The summed E-state index contributed by atoms with van der Waals surface area (Å²) in [6, 6.07) is 5.06. The lowest BCUT2D eigenvalue weighted by Crippen LogP contribution is -2.54. The van der Waals surface area contributed by atoms with E-state index in [9.17, 15) is 0 Å². The smallest absolute Gasteiger partial charge is 0.0349 e. The maximum absolute atomic E-state index is 5.94. The van der Waals surface area contributed by atoms with E-state index in [0.717, 1.165) is 32.7 Å². The monoisotopic (exact) mass is 261 g/mol. The maximum atomic E-state index is 5.94. The van der Waals surface area contributed by atoms with Gasteiger partial charge in [0, 0.05) is 38.8 Å². The van der Waals surface area contributed by atoms with Crippen LogP contribution in [-0.2, 0) is 6.54 Å². The summed E-state index contributed by atoms with van der Waals surface area (Å²) in [5.74, 6) is 0. The van der Waals surface area contributed by atoms with E-state index in [1.807, 2.05) is 0 Å². The van der Waals surface area contributed by atoms with E-state index in [-0.39, 0.29) is 0 Å². The van der Waals surface area contributed by atoms with E-state index in [1.54, 1.807) is 0 Å². The van der Waals surface area contributed by atoms with E-state index in [0.29, 0.717) is 6.04 Å². The van der Waals surface area contributed by atoms with Crippen LogP contribution in [0.5, 0.6) is 0 Å². The second-order valence-electron chi connectivity index (χ2n) is 6.00. The fourth-order valence-electron chi connectivity index (χ4n) is 3.14. The van der Waals surface area contributed by atoms with Gasteiger partial charge in [-0.05, 0) is 44.5 Å². The molecule has 3 nitrogen and oxygen atoms in total. The topological polar surface area (TPSA) is 32.5 Å². The van der Waals surface area contributed by atoms with Crippen LogP contribution in [0.4, 0.5) is 0 Å². The summed E-state index contributed by atoms with van der Waals surface area (Å²) < 4.78 is 0. The molecule has 1 aliphatic heterocycles. The van der Waals surface area contributed by atoms with Crippen molar-refractivity contribution in [3.05, 3.63) is 34.4 Å². The van der Waals surface area contributed by atoms with Gasteiger partial charge in [0.25, 0.3) is 0 Å². The van der Waals surface area contributed by atoms with Crippen molar-refractivity contribution in [3.8, 4) is 0 Å². The van der Waals surface area contributed by atoms with Crippen LogP contribution >= 0.6 is 0 Å². The molecular formula is C16H27N3. The lowest BCUT2D eigenvalue weighted by Gasteiger charge is -2.40. The summed E-state index contributed by atoms with van der Waals surface area (Å²) >= 11 is 0. The Morgan fingerprint density at radius 2 is 1.79 bits per heavy atom. The fraction of sp³-hybridized carbons (Fsp3) is 0.625. The third kappa shape index (κ3) is 3.35. The number of rotatable bonds is 3. The van der Waals surface area contributed by atoms with Crippen LogP contribution in [-0.4, -0.2) is 49.1 Å². The Balaban J connectivity index is 2.16. The van der Waals surface area contributed by atoms with E-state index >= 15 is 0 Å². The molecule has 2 N–H and O–H groups in total. The highest BCUT2D eigenvalue weighted by Crippen LogP contribution is 2.20. The van der Waals surface area contributed by atoms with Crippen molar-refractivity contribution < 1.29 is 0 Å². The minimum Gasteiger partial charge on any atom is -0.329 e. The van der Waals surface area contributed by atoms with Gasteiger partial charge in [-0.3, -0.25) is 4.90 Å². The van der Waals surface area contributed by atoms with Gasteiger partial charge >= 0.3 is 0 Å². The van der Waals surface area contributed by atoms with Gasteiger partial charge in [0.15, 0.2) is 0 Å². The first-order chi connectivity index (χ1) is 9.01. The molecular weight excluding hydrogens is 234 g/mol. The average molecular weight is 261 g/mol. The average Bonchev–Trinajstić information content (AvgIpc) is 2.35. The van der Waals surface area contributed by atoms with Crippen LogP contribution < -0.4 is 5.73 Å². The van der Waals surface area contributed by atoms with Crippen molar-refractivity contribution in [1.82, 2.24) is 9.80 Å². The van der Waals surface area contributed by atoms with Gasteiger partial charge in [-0.1, -0.05) is 17.7 Å². The molecule has 1 unspecified atom stereocenters. The Labute approximate surface area is 117 Å². The van der Waals surface area contributed by atoms with Gasteiger partial charge in [0.1, 0.15) is 0 Å². The summed E-state index contributed by atoms with van der Waals surface area (Å²) in [4.78, 5) is 4.92. The van der Waals surface area contributed by atoms with Gasteiger partial charge in [0.05, 0.1) is 0 Å². The van der Waals surface area contributed by atoms with Crippen LogP contribution in [0.15, 0.2) is 12.1 Å². The summed E-state index contributed by atoms with van der Waals surface area (Å²) in [6.45, 7) is 11.7. The fourth-order valence-corrected chi connectivity index (χ4v) is 3.14. The van der Waals surface area contributed by atoms with Crippen molar-refractivity contribution in [3.63, 3.8) is 0 Å². The van der Waals surface area contributed by atoms with Crippen molar-refractivity contribution in [2.75, 3.05) is 33.2 Å². The molecule has 0 radical (unpaired) electrons. The molecule has 1 atom stereocenters. The van der Waals surface area contributed by atoms with Gasteiger partial charge in [-0.25, -0.2) is 0 Å². The van der Waals surface area contributed by atoms with Crippen molar-refractivity contribution in [2.45, 2.75) is 33.4 Å². The molecule has 2 rings (SSSR count). The largest absolute Gasteiger partial charge is 0.329 e. The number of piperazine rings is 1. The maximum Gasteiger partial charge on any atom is 0.0349 e. The summed E-state index contributed by atoms with van der Waals surface area (Å²) in [7, 11) is 2.18. The van der Waals surface area contributed by atoms with Crippen molar-refractivity contribution in [2.24, 2.45) is 5.73 Å². The lowest BCUT2D eigenvalue weighted by molar-refractivity contribution is 0.0878. The second kappa shape index (κ2) is 6.04. The standard InChI is InChI=1S/C16H27N3/c1-12-7-13(2)16(14(3)8-12)11-19-6-5-18(4)10-15(19)9-17/h7-8,15H,5-6,9-11,17H2,1-4H3. The molecule has 1 fully saturated rings. The van der Waals surface area contributed by atoms with Gasteiger partial charge in [-0.15, -0.1) is 0 Å².